The molecule has 1 rings (SSSR count). The van der Waals surface area contributed by atoms with Gasteiger partial charge in [0.15, 0.2) is 5.78 Å². The molecule has 1 N–H and O–H groups in total. The summed E-state index contributed by atoms with van der Waals surface area (Å²) in [6, 6.07) is -0.322. The second kappa shape index (κ2) is 4.04. The number of amides is 1. The van der Waals surface area contributed by atoms with Crippen molar-refractivity contribution >= 4 is 11.7 Å². The van der Waals surface area contributed by atoms with Gasteiger partial charge in [-0.05, 0) is 18.9 Å². The highest BCUT2D eigenvalue weighted by molar-refractivity contribution is 5.96. The van der Waals surface area contributed by atoms with Gasteiger partial charge in [-0.3, -0.25) is 9.59 Å². The van der Waals surface area contributed by atoms with Crippen LogP contribution < -0.4 is 5.32 Å². The van der Waals surface area contributed by atoms with Crippen molar-refractivity contribution in [3.63, 3.8) is 0 Å². The fraction of sp³-hybridized carbons (Fsp3) is 0.556. The SMILES string of the molecule is C=CC(=O)C1CCCCC(=O)N1. The van der Waals surface area contributed by atoms with E-state index in [9.17, 15) is 9.59 Å². The number of rotatable bonds is 2. The fourth-order valence-electron chi connectivity index (χ4n) is 1.33. The third kappa shape index (κ3) is 2.19. The number of carbonyl (C=O) groups excluding carboxylic acids is 2. The van der Waals surface area contributed by atoms with Crippen molar-refractivity contribution in [2.45, 2.75) is 31.7 Å². The van der Waals surface area contributed by atoms with Gasteiger partial charge in [0.25, 0.3) is 0 Å². The summed E-state index contributed by atoms with van der Waals surface area (Å²) in [4.78, 5) is 22.1. The van der Waals surface area contributed by atoms with E-state index < -0.39 is 0 Å². The lowest BCUT2D eigenvalue weighted by molar-refractivity contribution is -0.125. The van der Waals surface area contributed by atoms with E-state index in [0.29, 0.717) is 6.42 Å². The van der Waals surface area contributed by atoms with E-state index >= 15 is 0 Å². The van der Waals surface area contributed by atoms with Gasteiger partial charge in [0, 0.05) is 6.42 Å². The maximum absolute atomic E-state index is 11.1. The quantitative estimate of drug-likeness (QED) is 0.618. The lowest BCUT2D eigenvalue weighted by atomic mass is 10.1. The van der Waals surface area contributed by atoms with E-state index in [0.717, 1.165) is 19.3 Å². The number of hydrogen-bond donors (Lipinski definition) is 1. The molecule has 1 aliphatic rings. The molecule has 66 valence electrons. The first-order chi connectivity index (χ1) is 5.74. The number of carbonyl (C=O) groups is 2. The Bertz CT molecular complexity index is 211. The standard InChI is InChI=1S/C9H13NO2/c1-2-8(11)7-5-3-4-6-9(12)10-7/h2,7H,1,3-6H2,(H,10,12). The van der Waals surface area contributed by atoms with E-state index in [-0.39, 0.29) is 17.7 Å². The average molecular weight is 167 g/mol. The highest BCUT2D eigenvalue weighted by atomic mass is 16.2. The summed E-state index contributed by atoms with van der Waals surface area (Å²) in [5.74, 6) is -0.0991. The van der Waals surface area contributed by atoms with Crippen LogP contribution in [0.5, 0.6) is 0 Å². The van der Waals surface area contributed by atoms with Crippen LogP contribution in [0.4, 0.5) is 0 Å². The molecule has 0 aromatic carbocycles. The molecule has 0 aliphatic carbocycles. The molecule has 0 spiro atoms. The lowest BCUT2D eigenvalue weighted by Crippen LogP contribution is -2.38. The van der Waals surface area contributed by atoms with Gasteiger partial charge in [0.1, 0.15) is 0 Å². The zero-order valence-electron chi connectivity index (χ0n) is 7.01. The third-order valence-electron chi connectivity index (χ3n) is 2.03. The first-order valence-corrected chi connectivity index (χ1v) is 4.19. The third-order valence-corrected chi connectivity index (χ3v) is 2.03. The monoisotopic (exact) mass is 167 g/mol. The van der Waals surface area contributed by atoms with Crippen molar-refractivity contribution in [2.24, 2.45) is 0 Å². The minimum absolute atomic E-state index is 0.0206. The molecule has 1 atom stereocenters. The van der Waals surface area contributed by atoms with Crippen LogP contribution in [0.15, 0.2) is 12.7 Å². The molecule has 0 aromatic heterocycles. The summed E-state index contributed by atoms with van der Waals surface area (Å²) < 4.78 is 0. The molecule has 1 saturated heterocycles. The van der Waals surface area contributed by atoms with E-state index in [1.165, 1.54) is 6.08 Å². The van der Waals surface area contributed by atoms with Crippen molar-refractivity contribution in [3.05, 3.63) is 12.7 Å². The smallest absolute Gasteiger partial charge is 0.220 e. The molecular formula is C9H13NO2. The van der Waals surface area contributed by atoms with Gasteiger partial charge < -0.3 is 5.32 Å². The molecule has 1 fully saturated rings. The van der Waals surface area contributed by atoms with Crippen molar-refractivity contribution < 1.29 is 9.59 Å². The molecule has 1 aliphatic heterocycles. The van der Waals surface area contributed by atoms with Crippen LogP contribution in [-0.2, 0) is 9.59 Å². The van der Waals surface area contributed by atoms with E-state index in [4.69, 9.17) is 0 Å². The first-order valence-electron chi connectivity index (χ1n) is 4.19. The second-order valence-electron chi connectivity index (χ2n) is 2.97. The first kappa shape index (κ1) is 8.97. The molecular weight excluding hydrogens is 154 g/mol. The molecule has 1 amide bonds. The van der Waals surface area contributed by atoms with Gasteiger partial charge in [0.05, 0.1) is 6.04 Å². The fourth-order valence-corrected chi connectivity index (χ4v) is 1.33. The van der Waals surface area contributed by atoms with Gasteiger partial charge in [0.2, 0.25) is 5.91 Å². The summed E-state index contributed by atoms with van der Waals surface area (Å²) in [6.45, 7) is 3.39. The van der Waals surface area contributed by atoms with Crippen LogP contribution in [-0.4, -0.2) is 17.7 Å². The molecule has 0 aromatic rings. The predicted molar refractivity (Wildman–Crippen MR) is 45.6 cm³/mol. The van der Waals surface area contributed by atoms with Crippen LogP contribution in [0.2, 0.25) is 0 Å². The number of nitrogens with one attached hydrogen (secondary N) is 1. The highest BCUT2D eigenvalue weighted by Gasteiger charge is 2.20. The van der Waals surface area contributed by atoms with E-state index in [1.54, 1.807) is 0 Å². The molecule has 0 radical (unpaired) electrons. The van der Waals surface area contributed by atoms with Crippen LogP contribution in [0.25, 0.3) is 0 Å². The normalized spacial score (nSPS) is 24.0. The summed E-state index contributed by atoms with van der Waals surface area (Å²) in [6.07, 6.45) is 4.38. The summed E-state index contributed by atoms with van der Waals surface area (Å²) >= 11 is 0. The molecule has 0 bridgehead atoms. The minimum atomic E-state index is -0.322. The molecule has 3 heteroatoms. The Morgan fingerprint density at radius 2 is 2.33 bits per heavy atom. The largest absolute Gasteiger partial charge is 0.346 e. The minimum Gasteiger partial charge on any atom is -0.346 e. The molecule has 12 heavy (non-hydrogen) atoms. The second-order valence-corrected chi connectivity index (χ2v) is 2.97. The Balaban J connectivity index is 2.57. The molecule has 0 saturated carbocycles. The van der Waals surface area contributed by atoms with Gasteiger partial charge in [-0.2, -0.15) is 0 Å². The zero-order chi connectivity index (χ0) is 8.97. The Labute approximate surface area is 71.8 Å². The van der Waals surface area contributed by atoms with Crippen molar-refractivity contribution in [2.75, 3.05) is 0 Å². The number of hydrogen-bond acceptors (Lipinski definition) is 2. The predicted octanol–water partition coefficient (Wildman–Crippen LogP) is 0.800. The van der Waals surface area contributed by atoms with Crippen molar-refractivity contribution in [1.29, 1.82) is 0 Å². The van der Waals surface area contributed by atoms with Gasteiger partial charge in [-0.25, -0.2) is 0 Å². The van der Waals surface area contributed by atoms with Gasteiger partial charge >= 0.3 is 0 Å². The van der Waals surface area contributed by atoms with Crippen molar-refractivity contribution in [1.82, 2.24) is 5.32 Å². The van der Waals surface area contributed by atoms with E-state index in [1.807, 2.05) is 0 Å². The molecule has 1 unspecified atom stereocenters. The maximum atomic E-state index is 11.1. The van der Waals surface area contributed by atoms with Crippen LogP contribution >= 0.6 is 0 Å². The highest BCUT2D eigenvalue weighted by Crippen LogP contribution is 2.09. The Kier molecular flexibility index (Phi) is 3.02. The summed E-state index contributed by atoms with van der Waals surface area (Å²) in [5.41, 5.74) is 0. The Morgan fingerprint density at radius 1 is 1.58 bits per heavy atom. The van der Waals surface area contributed by atoms with Gasteiger partial charge in [-0.1, -0.05) is 13.0 Å². The van der Waals surface area contributed by atoms with Crippen molar-refractivity contribution in [3.8, 4) is 0 Å². The number of ketones is 1. The van der Waals surface area contributed by atoms with Crippen LogP contribution in [0.1, 0.15) is 25.7 Å². The summed E-state index contributed by atoms with van der Waals surface area (Å²) in [5, 5.41) is 2.67. The molecule has 1 heterocycles. The van der Waals surface area contributed by atoms with E-state index in [2.05, 4.69) is 11.9 Å². The van der Waals surface area contributed by atoms with Crippen LogP contribution in [0.3, 0.4) is 0 Å². The Morgan fingerprint density at radius 3 is 3.00 bits per heavy atom. The van der Waals surface area contributed by atoms with Gasteiger partial charge in [-0.15, -0.1) is 0 Å². The topological polar surface area (TPSA) is 46.2 Å². The lowest BCUT2D eigenvalue weighted by Gasteiger charge is -2.11. The average Bonchev–Trinajstić information content (AvgIpc) is 2.28. The summed E-state index contributed by atoms with van der Waals surface area (Å²) in [7, 11) is 0. The Hall–Kier alpha value is -1.12. The zero-order valence-corrected chi connectivity index (χ0v) is 7.01. The molecule has 3 nitrogen and oxygen atoms in total. The van der Waals surface area contributed by atoms with Crippen LogP contribution in [0, 0.1) is 0 Å². The maximum Gasteiger partial charge on any atom is 0.220 e.